The lowest BCUT2D eigenvalue weighted by Crippen LogP contribution is -2.50. The summed E-state index contributed by atoms with van der Waals surface area (Å²) in [4.78, 5) is 12.4. The van der Waals surface area contributed by atoms with E-state index in [9.17, 15) is 20.1 Å². The first kappa shape index (κ1) is 50.1. The van der Waals surface area contributed by atoms with Crippen LogP contribution in [0.3, 0.4) is 0 Å². The first-order valence-corrected chi connectivity index (χ1v) is 23.0. The van der Waals surface area contributed by atoms with Gasteiger partial charge in [-0.05, 0) is 38.5 Å². The van der Waals surface area contributed by atoms with Crippen LogP contribution in [-0.4, -0.2) is 46.1 Å². The molecule has 4 N–H and O–H groups in total. The fourth-order valence-electron chi connectivity index (χ4n) is 7.28. The first-order valence-electron chi connectivity index (χ1n) is 23.0. The van der Waals surface area contributed by atoms with Gasteiger partial charge in [-0.3, -0.25) is 4.79 Å². The quantitative estimate of drug-likeness (QED) is 0.0373. The van der Waals surface area contributed by atoms with Crippen LogP contribution < -0.4 is 5.32 Å². The number of carbonyl (C=O) groups is 1. The van der Waals surface area contributed by atoms with Gasteiger partial charge in [0.2, 0.25) is 5.91 Å². The molecule has 0 aliphatic rings. The molecule has 0 saturated carbocycles. The number of aliphatic hydroxyl groups is 3. The molecule has 5 heteroatoms. The van der Waals surface area contributed by atoms with E-state index in [2.05, 4.69) is 31.3 Å². The third kappa shape index (κ3) is 37.2. The van der Waals surface area contributed by atoms with Crippen molar-refractivity contribution in [2.45, 2.75) is 270 Å². The predicted octanol–water partition coefficient (Wildman–Crippen LogP) is 13.2. The summed E-state index contributed by atoms with van der Waals surface area (Å²) >= 11 is 0. The van der Waals surface area contributed by atoms with Crippen LogP contribution in [0.25, 0.3) is 0 Å². The van der Waals surface area contributed by atoms with Crippen molar-refractivity contribution in [1.29, 1.82) is 0 Å². The molecule has 0 aromatic carbocycles. The highest BCUT2D eigenvalue weighted by Gasteiger charge is 2.26. The molecule has 0 spiro atoms. The fraction of sp³-hybridized carbons (Fsp3) is 0.935. The summed E-state index contributed by atoms with van der Waals surface area (Å²) in [6.45, 7) is 4.12. The molecule has 0 aromatic heterocycles. The van der Waals surface area contributed by atoms with Crippen molar-refractivity contribution >= 4 is 5.91 Å². The number of nitrogens with one attached hydrogen (secondary N) is 1. The SMILES string of the molecule is CCCCC/C=C/CCCC(O)C(O)C(CO)NC(=O)CCCCCCCCCCCCCCCCCCCCCCCCCCCCCCC. The zero-order valence-corrected chi connectivity index (χ0v) is 34.5. The molecule has 0 saturated heterocycles. The van der Waals surface area contributed by atoms with Gasteiger partial charge in [-0.1, -0.05) is 219 Å². The summed E-state index contributed by atoms with van der Waals surface area (Å²) in [6.07, 6.45) is 49.4. The Balaban J connectivity index is 3.44. The van der Waals surface area contributed by atoms with Gasteiger partial charge in [0.05, 0.1) is 18.8 Å². The monoisotopic (exact) mass is 722 g/mol. The second-order valence-corrected chi connectivity index (χ2v) is 16.0. The third-order valence-corrected chi connectivity index (χ3v) is 10.9. The second kappa shape index (κ2) is 41.8. The molecule has 0 bridgehead atoms. The Morgan fingerprint density at radius 1 is 0.471 bits per heavy atom. The van der Waals surface area contributed by atoms with Crippen LogP contribution in [0.4, 0.5) is 0 Å². The van der Waals surface area contributed by atoms with E-state index < -0.39 is 18.2 Å². The molecule has 304 valence electrons. The summed E-state index contributed by atoms with van der Waals surface area (Å²) in [7, 11) is 0. The highest BCUT2D eigenvalue weighted by atomic mass is 16.3. The topological polar surface area (TPSA) is 89.8 Å². The minimum absolute atomic E-state index is 0.152. The number of carbonyl (C=O) groups excluding carboxylic acids is 1. The molecular formula is C46H91NO4. The van der Waals surface area contributed by atoms with Crippen molar-refractivity contribution in [3.63, 3.8) is 0 Å². The van der Waals surface area contributed by atoms with Crippen LogP contribution in [0.1, 0.15) is 251 Å². The van der Waals surface area contributed by atoms with Gasteiger partial charge in [-0.25, -0.2) is 0 Å². The third-order valence-electron chi connectivity index (χ3n) is 10.9. The summed E-state index contributed by atoms with van der Waals surface area (Å²) in [5.74, 6) is -0.152. The first-order chi connectivity index (χ1) is 25.1. The number of hydrogen-bond donors (Lipinski definition) is 4. The lowest BCUT2D eigenvalue weighted by Gasteiger charge is -2.26. The minimum Gasteiger partial charge on any atom is -0.394 e. The molecule has 5 nitrogen and oxygen atoms in total. The number of rotatable bonds is 42. The van der Waals surface area contributed by atoms with E-state index in [0.29, 0.717) is 12.8 Å². The Kier molecular flexibility index (Phi) is 41.1. The number of hydrogen-bond acceptors (Lipinski definition) is 4. The van der Waals surface area contributed by atoms with Crippen molar-refractivity contribution in [2.75, 3.05) is 6.61 Å². The van der Waals surface area contributed by atoms with Crippen molar-refractivity contribution in [3.05, 3.63) is 12.2 Å². The summed E-state index contributed by atoms with van der Waals surface area (Å²) in [5, 5.41) is 33.2. The zero-order chi connectivity index (χ0) is 37.3. The van der Waals surface area contributed by atoms with Gasteiger partial charge in [0, 0.05) is 6.42 Å². The van der Waals surface area contributed by atoms with Crippen LogP contribution in [0.5, 0.6) is 0 Å². The number of allylic oxidation sites excluding steroid dienone is 2. The lowest BCUT2D eigenvalue weighted by atomic mass is 10.0. The van der Waals surface area contributed by atoms with Crippen LogP contribution in [-0.2, 0) is 4.79 Å². The van der Waals surface area contributed by atoms with E-state index in [4.69, 9.17) is 0 Å². The van der Waals surface area contributed by atoms with Gasteiger partial charge < -0.3 is 20.6 Å². The van der Waals surface area contributed by atoms with E-state index in [1.165, 1.54) is 186 Å². The van der Waals surface area contributed by atoms with Crippen molar-refractivity contribution in [1.82, 2.24) is 5.32 Å². The average molecular weight is 722 g/mol. The molecule has 0 heterocycles. The smallest absolute Gasteiger partial charge is 0.220 e. The molecule has 0 fully saturated rings. The lowest BCUT2D eigenvalue weighted by molar-refractivity contribution is -0.124. The van der Waals surface area contributed by atoms with Crippen molar-refractivity contribution in [3.8, 4) is 0 Å². The van der Waals surface area contributed by atoms with Crippen LogP contribution in [0.2, 0.25) is 0 Å². The van der Waals surface area contributed by atoms with E-state index in [-0.39, 0.29) is 12.5 Å². The molecule has 51 heavy (non-hydrogen) atoms. The summed E-state index contributed by atoms with van der Waals surface area (Å²) in [6, 6.07) is -0.819. The Morgan fingerprint density at radius 2 is 0.784 bits per heavy atom. The number of unbranched alkanes of at least 4 members (excludes halogenated alkanes) is 32. The average Bonchev–Trinajstić information content (AvgIpc) is 3.13. The van der Waals surface area contributed by atoms with Gasteiger partial charge in [0.15, 0.2) is 0 Å². The van der Waals surface area contributed by atoms with Crippen LogP contribution >= 0.6 is 0 Å². The molecule has 0 aromatic rings. The highest BCUT2D eigenvalue weighted by Crippen LogP contribution is 2.17. The van der Waals surface area contributed by atoms with Gasteiger partial charge in [-0.15, -0.1) is 0 Å². The zero-order valence-electron chi connectivity index (χ0n) is 34.5. The van der Waals surface area contributed by atoms with Gasteiger partial charge in [-0.2, -0.15) is 0 Å². The van der Waals surface area contributed by atoms with Crippen LogP contribution in [0.15, 0.2) is 12.2 Å². The van der Waals surface area contributed by atoms with Crippen molar-refractivity contribution in [2.24, 2.45) is 0 Å². The van der Waals surface area contributed by atoms with Gasteiger partial charge in [0.1, 0.15) is 6.10 Å². The Hall–Kier alpha value is -0.910. The molecule has 3 atom stereocenters. The highest BCUT2D eigenvalue weighted by molar-refractivity contribution is 5.76. The Bertz CT molecular complexity index is 713. The molecule has 0 aliphatic carbocycles. The Labute approximate surface area is 319 Å². The van der Waals surface area contributed by atoms with E-state index in [1.54, 1.807) is 0 Å². The Morgan fingerprint density at radius 3 is 1.14 bits per heavy atom. The van der Waals surface area contributed by atoms with E-state index >= 15 is 0 Å². The molecule has 0 radical (unpaired) electrons. The van der Waals surface area contributed by atoms with Crippen LogP contribution in [0, 0.1) is 0 Å². The molecule has 0 rings (SSSR count). The standard InChI is InChI=1S/C46H91NO4/c1-3-5-7-9-11-13-14-15-16-17-18-19-20-21-22-23-24-25-26-27-28-29-30-31-32-33-35-37-39-41-45(50)47-43(42-48)46(51)44(49)40-38-36-34-12-10-8-6-4-2/h12,34,43-44,46,48-49,51H,3-11,13-33,35-42H2,1-2H3,(H,47,50)/b34-12+. The van der Waals surface area contributed by atoms with Gasteiger partial charge >= 0.3 is 0 Å². The maximum Gasteiger partial charge on any atom is 0.220 e. The predicted molar refractivity (Wildman–Crippen MR) is 222 cm³/mol. The van der Waals surface area contributed by atoms with Crippen molar-refractivity contribution < 1.29 is 20.1 Å². The number of amides is 1. The van der Waals surface area contributed by atoms with E-state index in [0.717, 1.165) is 38.5 Å². The molecule has 0 aliphatic heterocycles. The summed E-state index contributed by atoms with van der Waals surface area (Å²) < 4.78 is 0. The number of aliphatic hydroxyl groups excluding tert-OH is 3. The summed E-state index contributed by atoms with van der Waals surface area (Å²) in [5.41, 5.74) is 0. The maximum absolute atomic E-state index is 12.4. The molecule has 3 unspecified atom stereocenters. The second-order valence-electron chi connectivity index (χ2n) is 16.0. The fourth-order valence-corrected chi connectivity index (χ4v) is 7.28. The van der Waals surface area contributed by atoms with E-state index in [1.807, 2.05) is 0 Å². The molecule has 1 amide bonds. The minimum atomic E-state index is -1.15. The largest absolute Gasteiger partial charge is 0.394 e. The molecular weight excluding hydrogens is 631 g/mol. The maximum atomic E-state index is 12.4. The van der Waals surface area contributed by atoms with Gasteiger partial charge in [0.25, 0.3) is 0 Å². The normalized spacial score (nSPS) is 13.6.